The molecule has 0 radical (unpaired) electrons. The van der Waals surface area contributed by atoms with Crippen molar-refractivity contribution in [3.63, 3.8) is 0 Å². The number of aryl methyl sites for hydroxylation is 2. The molecule has 0 saturated carbocycles. The third kappa shape index (κ3) is 7.76. The van der Waals surface area contributed by atoms with Gasteiger partial charge in [-0.05, 0) is 88.9 Å². The Labute approximate surface area is 299 Å². The molecule has 2 heterocycles. The van der Waals surface area contributed by atoms with Crippen LogP contribution in [0.25, 0.3) is 38.9 Å². The van der Waals surface area contributed by atoms with Crippen LogP contribution in [0.4, 0.5) is 5.69 Å². The highest BCUT2D eigenvalue weighted by atomic mass is 14.9. The second kappa shape index (κ2) is 16.2. The molecule has 2 nitrogen and oxygen atoms in total. The fourth-order valence-electron chi connectivity index (χ4n) is 7.38. The van der Waals surface area contributed by atoms with Gasteiger partial charge >= 0.3 is 0 Å². The van der Waals surface area contributed by atoms with E-state index >= 15 is 0 Å². The van der Waals surface area contributed by atoms with E-state index in [-0.39, 0.29) is 6.04 Å². The summed E-state index contributed by atoms with van der Waals surface area (Å²) in [5, 5.41) is 5.10. The molecule has 0 saturated heterocycles. The lowest BCUT2D eigenvalue weighted by Crippen LogP contribution is -2.15. The van der Waals surface area contributed by atoms with Gasteiger partial charge in [0, 0.05) is 22.2 Å². The molecule has 1 atom stereocenters. The van der Waals surface area contributed by atoms with Crippen LogP contribution >= 0.6 is 0 Å². The Hall–Kier alpha value is -4.95. The molecule has 252 valence electrons. The minimum Gasteiger partial charge on any atom is -0.374 e. The lowest BCUT2D eigenvalue weighted by Gasteiger charge is -2.28. The van der Waals surface area contributed by atoms with Crippen molar-refractivity contribution in [2.75, 3.05) is 5.32 Å². The minimum absolute atomic E-state index is 0.0668. The van der Waals surface area contributed by atoms with Crippen LogP contribution in [0.2, 0.25) is 0 Å². The second-order valence-electron chi connectivity index (χ2n) is 14.0. The number of nitrogens with one attached hydrogen (secondary N) is 1. The van der Waals surface area contributed by atoms with E-state index < -0.39 is 0 Å². The number of hydrogen-bond donors (Lipinski definition) is 1. The predicted octanol–water partition coefficient (Wildman–Crippen LogP) is 13.4. The van der Waals surface area contributed by atoms with Gasteiger partial charge in [-0.25, -0.2) is 4.98 Å². The summed E-state index contributed by atoms with van der Waals surface area (Å²) >= 11 is 0. The molecule has 1 N–H and O–H groups in total. The van der Waals surface area contributed by atoms with Crippen LogP contribution < -0.4 is 5.32 Å². The van der Waals surface area contributed by atoms with Gasteiger partial charge < -0.3 is 5.32 Å². The number of anilines is 1. The number of pyridine rings is 1. The molecule has 50 heavy (non-hydrogen) atoms. The van der Waals surface area contributed by atoms with Gasteiger partial charge in [0.25, 0.3) is 0 Å². The molecule has 0 aliphatic carbocycles. The summed E-state index contributed by atoms with van der Waals surface area (Å²) in [4.78, 5) is 5.35. The van der Waals surface area contributed by atoms with Crippen LogP contribution in [0, 0.1) is 0 Å². The highest BCUT2D eigenvalue weighted by Crippen LogP contribution is 2.43. The number of nitrogens with zero attached hydrogens (tertiary/aromatic N) is 1. The van der Waals surface area contributed by atoms with Crippen LogP contribution in [0.5, 0.6) is 0 Å². The molecule has 0 amide bonds. The number of fused-ring (bicyclic) bond motifs is 2. The van der Waals surface area contributed by atoms with Crippen molar-refractivity contribution in [1.29, 1.82) is 0 Å². The Kier molecular flexibility index (Phi) is 10.8. The van der Waals surface area contributed by atoms with Crippen LogP contribution in [0.3, 0.4) is 0 Å². The van der Waals surface area contributed by atoms with Crippen molar-refractivity contribution in [3.8, 4) is 22.4 Å². The van der Waals surface area contributed by atoms with Gasteiger partial charge in [-0.15, -0.1) is 0 Å². The average Bonchev–Trinajstić information content (AvgIpc) is 3.18. The molecule has 1 aliphatic heterocycles. The molecule has 5 aromatic carbocycles. The van der Waals surface area contributed by atoms with Gasteiger partial charge in [0.2, 0.25) is 0 Å². The molecule has 0 fully saturated rings. The summed E-state index contributed by atoms with van der Waals surface area (Å²) in [6.45, 7) is 4.54. The topological polar surface area (TPSA) is 24.9 Å². The number of rotatable bonds is 14. The zero-order chi connectivity index (χ0) is 34.1. The van der Waals surface area contributed by atoms with Gasteiger partial charge in [0.15, 0.2) is 0 Å². The first-order valence-corrected chi connectivity index (χ1v) is 19.0. The molecule has 2 heteroatoms. The normalized spacial score (nSPS) is 13.9. The van der Waals surface area contributed by atoms with E-state index in [2.05, 4.69) is 153 Å². The van der Waals surface area contributed by atoms with Crippen molar-refractivity contribution in [1.82, 2.24) is 4.98 Å². The van der Waals surface area contributed by atoms with Crippen LogP contribution in [0.1, 0.15) is 99.1 Å². The van der Waals surface area contributed by atoms with Gasteiger partial charge in [-0.1, -0.05) is 162 Å². The Morgan fingerprint density at radius 3 is 1.76 bits per heavy atom. The van der Waals surface area contributed by atoms with Crippen molar-refractivity contribution < 1.29 is 0 Å². The van der Waals surface area contributed by atoms with E-state index in [1.807, 2.05) is 0 Å². The SMILES string of the molecule is CCCCCCc1ccc(-c2cc(-c3ccccc3)c3cc4c(cc3n2)C(c2ccccc2)=CC(c2ccc(CCCCCC)cc2)N4)cc1. The van der Waals surface area contributed by atoms with E-state index in [1.165, 1.54) is 95.9 Å². The fraction of sp³-hybridized carbons (Fsp3) is 0.271. The van der Waals surface area contributed by atoms with Crippen molar-refractivity contribution in [2.45, 2.75) is 84.1 Å². The number of benzene rings is 5. The Morgan fingerprint density at radius 2 is 1.14 bits per heavy atom. The second-order valence-corrected chi connectivity index (χ2v) is 14.0. The van der Waals surface area contributed by atoms with E-state index in [9.17, 15) is 0 Å². The zero-order valence-electron chi connectivity index (χ0n) is 29.8. The summed E-state index contributed by atoms with van der Waals surface area (Å²) in [6.07, 6.45) is 15.0. The molecule has 1 unspecified atom stereocenters. The molecule has 1 aromatic heterocycles. The summed E-state index contributed by atoms with van der Waals surface area (Å²) in [5.74, 6) is 0. The van der Waals surface area contributed by atoms with Gasteiger partial charge in [-0.2, -0.15) is 0 Å². The summed E-state index contributed by atoms with van der Waals surface area (Å²) in [6, 6.07) is 47.0. The lowest BCUT2D eigenvalue weighted by molar-refractivity contribution is 0.667. The van der Waals surface area contributed by atoms with Crippen molar-refractivity contribution in [2.24, 2.45) is 0 Å². The maximum Gasteiger partial charge on any atom is 0.0723 e. The van der Waals surface area contributed by atoms with E-state index in [0.717, 1.165) is 40.7 Å². The molecular formula is C48H50N2. The molecular weight excluding hydrogens is 605 g/mol. The smallest absolute Gasteiger partial charge is 0.0723 e. The van der Waals surface area contributed by atoms with Crippen LogP contribution in [0.15, 0.2) is 133 Å². The molecule has 7 rings (SSSR count). The zero-order valence-corrected chi connectivity index (χ0v) is 29.8. The summed E-state index contributed by atoms with van der Waals surface area (Å²) < 4.78 is 0. The van der Waals surface area contributed by atoms with Gasteiger partial charge in [-0.3, -0.25) is 0 Å². The molecule has 1 aliphatic rings. The van der Waals surface area contributed by atoms with E-state index in [4.69, 9.17) is 4.98 Å². The first kappa shape index (κ1) is 33.5. The highest BCUT2D eigenvalue weighted by molar-refractivity contribution is 6.03. The number of aromatic nitrogens is 1. The van der Waals surface area contributed by atoms with Crippen molar-refractivity contribution in [3.05, 3.63) is 161 Å². The number of hydrogen-bond acceptors (Lipinski definition) is 2. The quantitative estimate of drug-likeness (QED) is 0.118. The highest BCUT2D eigenvalue weighted by Gasteiger charge is 2.23. The van der Waals surface area contributed by atoms with Crippen LogP contribution in [-0.4, -0.2) is 4.98 Å². The molecule has 0 spiro atoms. The maximum absolute atomic E-state index is 5.35. The van der Waals surface area contributed by atoms with Gasteiger partial charge in [0.05, 0.1) is 17.3 Å². The minimum atomic E-state index is 0.0668. The molecule has 0 bridgehead atoms. The standard InChI is InChI=1S/C48H50N2/c1-3-5-7-11-17-35-23-27-39(28-24-35)45-31-41(37-19-13-9-14-20-37)43-34-48-44(33-47(43)49-45)42(38-21-15-10-16-22-38)32-46(50-48)40-29-25-36(26-30-40)18-12-8-6-4-2/h9-10,13-16,19-34,45,49H,3-8,11-12,17-18H2,1-2H3. The lowest BCUT2D eigenvalue weighted by atomic mass is 9.87. The van der Waals surface area contributed by atoms with Crippen LogP contribution in [-0.2, 0) is 12.8 Å². The third-order valence-corrected chi connectivity index (χ3v) is 10.3. The average molecular weight is 655 g/mol. The summed E-state index contributed by atoms with van der Waals surface area (Å²) in [5.41, 5.74) is 14.5. The Bertz CT molecular complexity index is 2020. The Balaban J connectivity index is 1.28. The Morgan fingerprint density at radius 1 is 0.540 bits per heavy atom. The largest absolute Gasteiger partial charge is 0.374 e. The van der Waals surface area contributed by atoms with E-state index in [1.54, 1.807) is 0 Å². The third-order valence-electron chi connectivity index (χ3n) is 10.3. The van der Waals surface area contributed by atoms with Crippen molar-refractivity contribution >= 4 is 22.2 Å². The van der Waals surface area contributed by atoms with Gasteiger partial charge in [0.1, 0.15) is 0 Å². The van der Waals surface area contributed by atoms with E-state index in [0.29, 0.717) is 0 Å². The predicted molar refractivity (Wildman–Crippen MR) is 215 cm³/mol. The monoisotopic (exact) mass is 654 g/mol. The first-order valence-electron chi connectivity index (χ1n) is 19.0. The summed E-state index contributed by atoms with van der Waals surface area (Å²) in [7, 11) is 0. The first-order chi connectivity index (χ1) is 24.7. The number of unbranched alkanes of at least 4 members (excludes halogenated alkanes) is 6. The molecule has 6 aromatic rings. The fourth-order valence-corrected chi connectivity index (χ4v) is 7.38. The maximum atomic E-state index is 5.35.